The number of likely N-dealkylation sites (N-methyl/N-ethyl adjacent to an activating group) is 1. The summed E-state index contributed by atoms with van der Waals surface area (Å²) in [5.74, 6) is 1.37. The Bertz CT molecular complexity index is 407. The van der Waals surface area contributed by atoms with Gasteiger partial charge in [0.05, 0.1) is 6.07 Å². The van der Waals surface area contributed by atoms with Gasteiger partial charge in [0, 0.05) is 0 Å². The van der Waals surface area contributed by atoms with Crippen molar-refractivity contribution in [2.45, 2.75) is 38.6 Å². The topological polar surface area (TPSA) is 45.0 Å². The van der Waals surface area contributed by atoms with E-state index in [4.69, 9.17) is 10.00 Å². The van der Waals surface area contributed by atoms with E-state index in [0.717, 1.165) is 12.2 Å². The summed E-state index contributed by atoms with van der Waals surface area (Å²) in [7, 11) is 1.76. The van der Waals surface area contributed by atoms with Gasteiger partial charge in [0.1, 0.15) is 17.9 Å². The molecule has 0 fully saturated rings. The van der Waals surface area contributed by atoms with Crippen LogP contribution in [-0.2, 0) is 0 Å². The first-order valence-electron chi connectivity index (χ1n) is 6.37. The lowest BCUT2D eigenvalue weighted by Gasteiger charge is -2.21. The molecule has 0 saturated carbocycles. The van der Waals surface area contributed by atoms with Crippen LogP contribution in [0.4, 0.5) is 0 Å². The molecule has 0 heterocycles. The summed E-state index contributed by atoms with van der Waals surface area (Å²) in [5.41, 5.74) is 0.677. The van der Waals surface area contributed by atoms with Crippen molar-refractivity contribution >= 4 is 0 Å². The van der Waals surface area contributed by atoms with E-state index in [1.165, 1.54) is 5.56 Å². The van der Waals surface area contributed by atoms with E-state index in [0.29, 0.717) is 12.5 Å². The van der Waals surface area contributed by atoms with Gasteiger partial charge in [-0.3, -0.25) is 5.32 Å². The first-order chi connectivity index (χ1) is 8.54. The summed E-state index contributed by atoms with van der Waals surface area (Å²) in [4.78, 5) is 0. The fraction of sp³-hybridized carbons (Fsp3) is 0.533. The van der Waals surface area contributed by atoms with E-state index in [1.54, 1.807) is 7.05 Å². The summed E-state index contributed by atoms with van der Waals surface area (Å²) >= 11 is 0. The number of ether oxygens (including phenoxy) is 1. The minimum absolute atomic E-state index is 0.336. The highest BCUT2D eigenvalue weighted by Gasteiger charge is 2.22. The van der Waals surface area contributed by atoms with Crippen LogP contribution < -0.4 is 10.1 Å². The molecule has 0 aromatic heterocycles. The number of hydrogen-bond acceptors (Lipinski definition) is 3. The molecule has 98 valence electrons. The van der Waals surface area contributed by atoms with Crippen molar-refractivity contribution in [3.8, 4) is 11.8 Å². The number of nitrogens with one attached hydrogen (secondary N) is 1. The van der Waals surface area contributed by atoms with E-state index < -0.39 is 5.54 Å². The molecular formula is C15H22N2O. The molecule has 0 bridgehead atoms. The van der Waals surface area contributed by atoms with Crippen LogP contribution in [0.3, 0.4) is 0 Å². The monoisotopic (exact) mass is 246 g/mol. The molecule has 0 radical (unpaired) electrons. The van der Waals surface area contributed by atoms with Gasteiger partial charge in [0.2, 0.25) is 0 Å². The molecule has 0 aliphatic heterocycles. The van der Waals surface area contributed by atoms with Gasteiger partial charge in [-0.2, -0.15) is 5.26 Å². The molecular weight excluding hydrogens is 224 g/mol. The Morgan fingerprint density at radius 1 is 1.39 bits per heavy atom. The molecule has 0 aliphatic carbocycles. The van der Waals surface area contributed by atoms with Crippen molar-refractivity contribution in [2.75, 3.05) is 13.7 Å². The largest absolute Gasteiger partial charge is 0.491 e. The SMILES string of the molecule is CCC(C)c1ccc(OCC(C)(C#N)NC)cc1. The zero-order valence-electron chi connectivity index (χ0n) is 11.7. The van der Waals surface area contributed by atoms with E-state index in [-0.39, 0.29) is 0 Å². The minimum atomic E-state index is -0.643. The third-order valence-electron chi connectivity index (χ3n) is 3.39. The Balaban J connectivity index is 2.62. The van der Waals surface area contributed by atoms with Gasteiger partial charge in [0.25, 0.3) is 0 Å². The van der Waals surface area contributed by atoms with Crippen LogP contribution in [-0.4, -0.2) is 19.2 Å². The van der Waals surface area contributed by atoms with Crippen LogP contribution in [0.2, 0.25) is 0 Å². The standard InChI is InChI=1S/C15H22N2O/c1-5-12(2)13-6-8-14(9-7-13)18-11-15(3,10-16)17-4/h6-9,12,17H,5,11H2,1-4H3. The van der Waals surface area contributed by atoms with E-state index in [9.17, 15) is 0 Å². The molecule has 0 spiro atoms. The van der Waals surface area contributed by atoms with Gasteiger partial charge < -0.3 is 4.74 Å². The predicted molar refractivity (Wildman–Crippen MR) is 73.7 cm³/mol. The third kappa shape index (κ3) is 3.75. The van der Waals surface area contributed by atoms with Crippen LogP contribution in [0.25, 0.3) is 0 Å². The lowest BCUT2D eigenvalue weighted by molar-refractivity contribution is 0.242. The van der Waals surface area contributed by atoms with Gasteiger partial charge in [-0.25, -0.2) is 0 Å². The van der Waals surface area contributed by atoms with Crippen molar-refractivity contribution in [3.63, 3.8) is 0 Å². The molecule has 1 aromatic carbocycles. The van der Waals surface area contributed by atoms with Crippen LogP contribution >= 0.6 is 0 Å². The zero-order chi connectivity index (χ0) is 13.6. The minimum Gasteiger partial charge on any atom is -0.491 e. The van der Waals surface area contributed by atoms with Gasteiger partial charge in [0.15, 0.2) is 0 Å². The van der Waals surface area contributed by atoms with E-state index in [1.807, 2.05) is 19.1 Å². The fourth-order valence-electron chi connectivity index (χ4n) is 1.52. The maximum absolute atomic E-state index is 9.02. The Labute approximate surface area is 110 Å². The number of hydrogen-bond donors (Lipinski definition) is 1. The second kappa shape index (κ2) is 6.42. The lowest BCUT2D eigenvalue weighted by atomic mass is 9.99. The quantitative estimate of drug-likeness (QED) is 0.839. The highest BCUT2D eigenvalue weighted by Crippen LogP contribution is 2.21. The van der Waals surface area contributed by atoms with Crippen molar-refractivity contribution in [1.29, 1.82) is 5.26 Å². The van der Waals surface area contributed by atoms with E-state index >= 15 is 0 Å². The first kappa shape index (κ1) is 14.5. The van der Waals surface area contributed by atoms with E-state index in [2.05, 4.69) is 37.4 Å². The number of nitriles is 1. The van der Waals surface area contributed by atoms with Gasteiger partial charge in [-0.1, -0.05) is 26.0 Å². The Hall–Kier alpha value is -1.53. The number of benzene rings is 1. The highest BCUT2D eigenvalue weighted by molar-refractivity contribution is 5.29. The summed E-state index contributed by atoms with van der Waals surface area (Å²) in [5, 5.41) is 12.0. The van der Waals surface area contributed by atoms with Gasteiger partial charge in [-0.05, 0) is 44.0 Å². The zero-order valence-corrected chi connectivity index (χ0v) is 11.7. The summed E-state index contributed by atoms with van der Waals surface area (Å²) in [6.45, 7) is 6.55. The average molecular weight is 246 g/mol. The van der Waals surface area contributed by atoms with Crippen molar-refractivity contribution in [1.82, 2.24) is 5.32 Å². The molecule has 3 nitrogen and oxygen atoms in total. The van der Waals surface area contributed by atoms with Crippen LogP contribution in [0, 0.1) is 11.3 Å². The Kier molecular flexibility index (Phi) is 5.18. The first-order valence-corrected chi connectivity index (χ1v) is 6.37. The molecule has 2 unspecified atom stereocenters. The van der Waals surface area contributed by atoms with Crippen molar-refractivity contribution in [2.24, 2.45) is 0 Å². The van der Waals surface area contributed by atoms with Gasteiger partial charge >= 0.3 is 0 Å². The maximum atomic E-state index is 9.02. The summed E-state index contributed by atoms with van der Waals surface area (Å²) in [6.07, 6.45) is 1.13. The molecule has 1 rings (SSSR count). The molecule has 1 N–H and O–H groups in total. The maximum Gasteiger partial charge on any atom is 0.137 e. The molecule has 18 heavy (non-hydrogen) atoms. The average Bonchev–Trinajstić information content (AvgIpc) is 2.44. The number of rotatable bonds is 6. The van der Waals surface area contributed by atoms with Crippen LogP contribution in [0.5, 0.6) is 5.75 Å². The van der Waals surface area contributed by atoms with Gasteiger partial charge in [-0.15, -0.1) is 0 Å². The molecule has 2 atom stereocenters. The van der Waals surface area contributed by atoms with Crippen LogP contribution in [0.1, 0.15) is 38.7 Å². The smallest absolute Gasteiger partial charge is 0.137 e. The molecule has 3 heteroatoms. The summed E-state index contributed by atoms with van der Waals surface area (Å²) in [6, 6.07) is 10.3. The molecule has 0 amide bonds. The van der Waals surface area contributed by atoms with Crippen molar-refractivity contribution in [3.05, 3.63) is 29.8 Å². The number of nitrogens with zero attached hydrogens (tertiary/aromatic N) is 1. The lowest BCUT2D eigenvalue weighted by Crippen LogP contribution is -2.43. The summed E-state index contributed by atoms with van der Waals surface area (Å²) < 4.78 is 5.64. The Morgan fingerprint density at radius 3 is 2.44 bits per heavy atom. The fourth-order valence-corrected chi connectivity index (χ4v) is 1.52. The van der Waals surface area contributed by atoms with Crippen LogP contribution in [0.15, 0.2) is 24.3 Å². The second-order valence-electron chi connectivity index (χ2n) is 4.86. The highest BCUT2D eigenvalue weighted by atomic mass is 16.5. The predicted octanol–water partition coefficient (Wildman–Crippen LogP) is 3.08. The molecule has 0 aliphatic rings. The third-order valence-corrected chi connectivity index (χ3v) is 3.39. The molecule has 0 saturated heterocycles. The molecule has 1 aromatic rings. The van der Waals surface area contributed by atoms with Crippen molar-refractivity contribution < 1.29 is 4.74 Å². The second-order valence-corrected chi connectivity index (χ2v) is 4.86. The Morgan fingerprint density at radius 2 is 2.00 bits per heavy atom. The normalized spacial score (nSPS) is 15.5.